The first-order valence-corrected chi connectivity index (χ1v) is 6.88. The third kappa shape index (κ3) is 2.75. The van der Waals surface area contributed by atoms with Gasteiger partial charge in [-0.25, -0.2) is 4.39 Å². The second-order valence-corrected chi connectivity index (χ2v) is 5.46. The van der Waals surface area contributed by atoms with Crippen molar-refractivity contribution in [3.8, 4) is 0 Å². The Labute approximate surface area is 117 Å². The lowest BCUT2D eigenvalue weighted by atomic mass is 9.95. The lowest BCUT2D eigenvalue weighted by Crippen LogP contribution is -2.49. The molecule has 1 heterocycles. The van der Waals surface area contributed by atoms with Gasteiger partial charge in [0.05, 0.1) is 11.0 Å². The van der Waals surface area contributed by atoms with E-state index in [1.807, 2.05) is 11.8 Å². The molecule has 110 valence electrons. The van der Waals surface area contributed by atoms with Gasteiger partial charge in [-0.1, -0.05) is 0 Å². The molecule has 1 aromatic rings. The van der Waals surface area contributed by atoms with Crippen LogP contribution in [0.2, 0.25) is 0 Å². The zero-order valence-electron chi connectivity index (χ0n) is 11.8. The minimum absolute atomic E-state index is 0.0623. The van der Waals surface area contributed by atoms with E-state index in [1.165, 1.54) is 0 Å². The maximum atomic E-state index is 13.6. The van der Waals surface area contributed by atoms with Crippen LogP contribution in [0.25, 0.3) is 0 Å². The van der Waals surface area contributed by atoms with Gasteiger partial charge in [-0.05, 0) is 44.7 Å². The van der Waals surface area contributed by atoms with Crippen LogP contribution in [-0.4, -0.2) is 23.6 Å². The number of nitrogens with zero attached hydrogens (tertiary/aromatic N) is 2. The average molecular weight is 281 g/mol. The van der Waals surface area contributed by atoms with Crippen LogP contribution in [0.4, 0.5) is 15.8 Å². The van der Waals surface area contributed by atoms with Gasteiger partial charge in [-0.3, -0.25) is 10.1 Å². The van der Waals surface area contributed by atoms with Crippen molar-refractivity contribution in [1.82, 2.24) is 0 Å². The number of anilines is 1. The van der Waals surface area contributed by atoms with Crippen molar-refractivity contribution in [2.75, 3.05) is 11.4 Å². The molecule has 6 heteroatoms. The van der Waals surface area contributed by atoms with Crippen molar-refractivity contribution in [2.24, 2.45) is 5.73 Å². The highest BCUT2D eigenvalue weighted by atomic mass is 19.1. The average Bonchev–Trinajstić information content (AvgIpc) is 2.41. The molecule has 2 N–H and O–H groups in total. The van der Waals surface area contributed by atoms with E-state index >= 15 is 0 Å². The van der Waals surface area contributed by atoms with Gasteiger partial charge in [0.15, 0.2) is 0 Å². The summed E-state index contributed by atoms with van der Waals surface area (Å²) in [5.74, 6) is -0.546. The zero-order chi connectivity index (χ0) is 14.9. The van der Waals surface area contributed by atoms with Crippen LogP contribution >= 0.6 is 0 Å². The second kappa shape index (κ2) is 5.75. The normalized spacial score (nSPS) is 20.8. The molecule has 0 aromatic heterocycles. The minimum atomic E-state index is -0.546. The molecule has 0 radical (unpaired) electrons. The summed E-state index contributed by atoms with van der Waals surface area (Å²) in [6.45, 7) is 4.25. The number of piperidine rings is 1. The van der Waals surface area contributed by atoms with Crippen molar-refractivity contribution in [3.63, 3.8) is 0 Å². The third-order valence-electron chi connectivity index (χ3n) is 3.92. The first-order chi connectivity index (χ1) is 9.41. The third-order valence-corrected chi connectivity index (χ3v) is 3.92. The number of nitro groups is 1. The van der Waals surface area contributed by atoms with Crippen LogP contribution in [0.3, 0.4) is 0 Å². The van der Waals surface area contributed by atoms with E-state index in [2.05, 4.69) is 0 Å². The Morgan fingerprint density at radius 2 is 2.20 bits per heavy atom. The molecule has 1 aromatic carbocycles. The molecular weight excluding hydrogens is 261 g/mol. The topological polar surface area (TPSA) is 72.4 Å². The van der Waals surface area contributed by atoms with Gasteiger partial charge in [0.25, 0.3) is 5.69 Å². The first-order valence-electron chi connectivity index (χ1n) is 6.88. The van der Waals surface area contributed by atoms with Crippen molar-refractivity contribution < 1.29 is 9.31 Å². The Bertz CT molecular complexity index is 519. The maximum Gasteiger partial charge on any atom is 0.295 e. The second-order valence-electron chi connectivity index (χ2n) is 5.46. The molecule has 0 aliphatic carbocycles. The number of rotatable bonds is 3. The fourth-order valence-corrected chi connectivity index (χ4v) is 2.84. The van der Waals surface area contributed by atoms with Gasteiger partial charge in [0, 0.05) is 18.6 Å². The molecule has 1 fully saturated rings. The Kier molecular flexibility index (Phi) is 4.23. The van der Waals surface area contributed by atoms with Crippen LogP contribution in [0, 0.1) is 22.9 Å². The van der Waals surface area contributed by atoms with Crippen LogP contribution in [0.15, 0.2) is 12.1 Å². The Hall–Kier alpha value is -1.69. The van der Waals surface area contributed by atoms with Crippen LogP contribution in [0.5, 0.6) is 0 Å². The number of halogens is 1. The maximum absolute atomic E-state index is 13.6. The minimum Gasteiger partial charge on any atom is -0.361 e. The van der Waals surface area contributed by atoms with E-state index in [1.54, 1.807) is 13.0 Å². The predicted octanol–water partition coefficient (Wildman–Crippen LogP) is 2.75. The molecule has 1 aliphatic heterocycles. The van der Waals surface area contributed by atoms with Gasteiger partial charge >= 0.3 is 0 Å². The van der Waals surface area contributed by atoms with E-state index in [9.17, 15) is 14.5 Å². The molecule has 0 spiro atoms. The van der Waals surface area contributed by atoms with E-state index < -0.39 is 10.7 Å². The number of hydrogen-bond donors (Lipinski definition) is 1. The lowest BCUT2D eigenvalue weighted by Gasteiger charge is -2.39. The summed E-state index contributed by atoms with van der Waals surface area (Å²) in [6.07, 6.45) is 2.94. The van der Waals surface area contributed by atoms with Gasteiger partial charge in [0.1, 0.15) is 11.5 Å². The summed E-state index contributed by atoms with van der Waals surface area (Å²) in [7, 11) is 0. The van der Waals surface area contributed by atoms with E-state index in [4.69, 9.17) is 5.73 Å². The smallest absolute Gasteiger partial charge is 0.295 e. The quantitative estimate of drug-likeness (QED) is 0.683. The van der Waals surface area contributed by atoms with Crippen molar-refractivity contribution in [1.29, 1.82) is 0 Å². The summed E-state index contributed by atoms with van der Waals surface area (Å²) in [4.78, 5) is 12.6. The Morgan fingerprint density at radius 1 is 1.50 bits per heavy atom. The van der Waals surface area contributed by atoms with Gasteiger partial charge in [-0.2, -0.15) is 0 Å². The molecule has 2 unspecified atom stereocenters. The number of nitrogens with two attached hydrogens (primary N) is 1. The molecule has 20 heavy (non-hydrogen) atoms. The summed E-state index contributed by atoms with van der Waals surface area (Å²) >= 11 is 0. The molecule has 1 aliphatic rings. The van der Waals surface area contributed by atoms with Crippen molar-refractivity contribution in [3.05, 3.63) is 33.6 Å². The highest BCUT2D eigenvalue weighted by Gasteiger charge is 2.30. The first kappa shape index (κ1) is 14.7. The summed E-state index contributed by atoms with van der Waals surface area (Å²) in [5.41, 5.74) is 6.72. The standard InChI is InChI=1S/C14H20FN3O2/c1-9-7-13(14(18(19)20)8-11(9)15)17-6-4-3-5-12(17)10(2)16/h7-8,10,12H,3-6,16H2,1-2H3. The Balaban J connectivity index is 2.49. The molecule has 5 nitrogen and oxygen atoms in total. The monoisotopic (exact) mass is 281 g/mol. The number of nitro benzene ring substituents is 1. The predicted molar refractivity (Wildman–Crippen MR) is 76.4 cm³/mol. The number of aryl methyl sites for hydroxylation is 1. The van der Waals surface area contributed by atoms with Crippen molar-refractivity contribution >= 4 is 11.4 Å². The van der Waals surface area contributed by atoms with Crippen LogP contribution in [0.1, 0.15) is 31.7 Å². The molecule has 2 rings (SSSR count). The SMILES string of the molecule is Cc1cc(N2CCCCC2C(C)N)c([N+](=O)[O-])cc1F. The Morgan fingerprint density at radius 3 is 2.80 bits per heavy atom. The van der Waals surface area contributed by atoms with Crippen LogP contribution < -0.4 is 10.6 Å². The number of benzene rings is 1. The highest BCUT2D eigenvalue weighted by Crippen LogP contribution is 2.35. The molecular formula is C14H20FN3O2. The zero-order valence-corrected chi connectivity index (χ0v) is 11.8. The fraction of sp³-hybridized carbons (Fsp3) is 0.571. The van der Waals surface area contributed by atoms with Gasteiger partial charge in [-0.15, -0.1) is 0 Å². The largest absolute Gasteiger partial charge is 0.361 e. The highest BCUT2D eigenvalue weighted by molar-refractivity contribution is 5.65. The van der Waals surface area contributed by atoms with E-state index in [-0.39, 0.29) is 17.8 Å². The summed E-state index contributed by atoms with van der Waals surface area (Å²) < 4.78 is 13.6. The lowest BCUT2D eigenvalue weighted by molar-refractivity contribution is -0.384. The van der Waals surface area contributed by atoms with Crippen molar-refractivity contribution in [2.45, 2.75) is 45.2 Å². The van der Waals surface area contributed by atoms with E-state index in [0.29, 0.717) is 11.3 Å². The summed E-state index contributed by atoms with van der Waals surface area (Å²) in [5, 5.41) is 11.2. The molecule has 0 saturated carbocycles. The van der Waals surface area contributed by atoms with Gasteiger partial charge < -0.3 is 10.6 Å². The summed E-state index contributed by atoms with van der Waals surface area (Å²) in [6, 6.07) is 2.55. The molecule has 0 amide bonds. The van der Waals surface area contributed by atoms with E-state index in [0.717, 1.165) is 31.9 Å². The van der Waals surface area contributed by atoms with Crippen LogP contribution in [-0.2, 0) is 0 Å². The molecule has 0 bridgehead atoms. The molecule has 1 saturated heterocycles. The number of hydrogen-bond acceptors (Lipinski definition) is 4. The van der Waals surface area contributed by atoms with Gasteiger partial charge in [0.2, 0.25) is 0 Å². The molecule has 2 atom stereocenters. The fourth-order valence-electron chi connectivity index (χ4n) is 2.84.